The molecule has 3 aromatic rings. The molecule has 0 spiro atoms. The molecule has 0 atom stereocenters. The van der Waals surface area contributed by atoms with Crippen LogP contribution in [0.2, 0.25) is 0 Å². The van der Waals surface area contributed by atoms with Gasteiger partial charge in [-0.3, -0.25) is 9.98 Å². The third-order valence-electron chi connectivity index (χ3n) is 4.30. The number of aryl methyl sites for hydroxylation is 1. The molecular formula is C18H18N4OS. The van der Waals surface area contributed by atoms with Gasteiger partial charge in [0.2, 0.25) is 0 Å². The first-order chi connectivity index (χ1) is 11.7. The fourth-order valence-corrected chi connectivity index (χ4v) is 3.92. The highest BCUT2D eigenvalue weighted by atomic mass is 32.2. The Labute approximate surface area is 144 Å². The lowest BCUT2D eigenvalue weighted by Gasteiger charge is -2.11. The van der Waals surface area contributed by atoms with E-state index in [4.69, 9.17) is 4.74 Å². The molecule has 0 unspecified atom stereocenters. The number of aromatic amines is 1. The summed E-state index contributed by atoms with van der Waals surface area (Å²) >= 11 is 1.65. The molecule has 0 saturated carbocycles. The maximum Gasteiger partial charge on any atom is 0.166 e. The van der Waals surface area contributed by atoms with Gasteiger partial charge in [-0.25, -0.2) is 4.98 Å². The SMILES string of the molecule is COc1c(C)cnc(CSc2nc3cc4c(cc3[nH]2)N=CC4)c1C. The summed E-state index contributed by atoms with van der Waals surface area (Å²) in [4.78, 5) is 17.0. The van der Waals surface area contributed by atoms with Crippen LogP contribution in [0.1, 0.15) is 22.4 Å². The molecule has 0 fully saturated rings. The van der Waals surface area contributed by atoms with Gasteiger partial charge in [0, 0.05) is 35.7 Å². The van der Waals surface area contributed by atoms with Crippen molar-refractivity contribution in [3.05, 3.63) is 40.7 Å². The second kappa shape index (κ2) is 5.94. The van der Waals surface area contributed by atoms with E-state index in [1.807, 2.05) is 19.3 Å². The summed E-state index contributed by atoms with van der Waals surface area (Å²) in [7, 11) is 1.70. The number of ether oxygens (including phenoxy) is 1. The monoisotopic (exact) mass is 338 g/mol. The Kier molecular flexibility index (Phi) is 3.76. The first-order valence-corrected chi connectivity index (χ1v) is 8.81. The minimum absolute atomic E-state index is 0.750. The molecule has 0 bridgehead atoms. The molecule has 6 heteroatoms. The summed E-state index contributed by atoms with van der Waals surface area (Å²) in [5.41, 5.74) is 7.48. The Bertz CT molecular complexity index is 961. The zero-order valence-corrected chi connectivity index (χ0v) is 14.7. The van der Waals surface area contributed by atoms with Gasteiger partial charge in [0.1, 0.15) is 5.75 Å². The average Bonchev–Trinajstić information content (AvgIpc) is 3.17. The fourth-order valence-electron chi connectivity index (χ4n) is 3.01. The van der Waals surface area contributed by atoms with Crippen LogP contribution in [0.3, 0.4) is 0 Å². The molecule has 1 N–H and O–H groups in total. The molecule has 4 rings (SSSR count). The third-order valence-corrected chi connectivity index (χ3v) is 5.18. The molecule has 1 aliphatic rings. The predicted octanol–water partition coefficient (Wildman–Crippen LogP) is 4.13. The molecule has 0 aliphatic carbocycles. The van der Waals surface area contributed by atoms with E-state index in [0.717, 1.165) is 56.6 Å². The second-order valence-electron chi connectivity index (χ2n) is 5.89. The standard InChI is InChI=1S/C18H18N4OS/c1-10-8-20-16(11(2)17(10)23-3)9-24-18-21-14-6-12-4-5-19-13(12)7-15(14)22-18/h5-8H,4,9H2,1-3H3,(H,21,22). The van der Waals surface area contributed by atoms with Crippen molar-refractivity contribution < 1.29 is 4.74 Å². The first-order valence-electron chi connectivity index (χ1n) is 7.82. The fraction of sp³-hybridized carbons (Fsp3) is 0.278. The number of aliphatic imine (C=N–C) groups is 1. The van der Waals surface area contributed by atoms with E-state index in [2.05, 4.69) is 39.0 Å². The summed E-state index contributed by atoms with van der Waals surface area (Å²) in [5, 5.41) is 0.901. The van der Waals surface area contributed by atoms with E-state index < -0.39 is 0 Å². The van der Waals surface area contributed by atoms with E-state index in [0.29, 0.717) is 0 Å². The Morgan fingerprint density at radius 3 is 3.00 bits per heavy atom. The lowest BCUT2D eigenvalue weighted by molar-refractivity contribution is 0.407. The quantitative estimate of drug-likeness (QED) is 0.726. The largest absolute Gasteiger partial charge is 0.496 e. The smallest absolute Gasteiger partial charge is 0.166 e. The van der Waals surface area contributed by atoms with E-state index in [1.54, 1.807) is 18.9 Å². The number of imidazole rings is 1. The highest BCUT2D eigenvalue weighted by Crippen LogP contribution is 2.32. The number of fused-ring (bicyclic) bond motifs is 2. The van der Waals surface area contributed by atoms with Gasteiger partial charge in [-0.2, -0.15) is 0 Å². The van der Waals surface area contributed by atoms with Crippen LogP contribution in [0, 0.1) is 13.8 Å². The lowest BCUT2D eigenvalue weighted by Crippen LogP contribution is -1.98. The predicted molar refractivity (Wildman–Crippen MR) is 97.8 cm³/mol. The van der Waals surface area contributed by atoms with Crippen LogP contribution in [0.5, 0.6) is 5.75 Å². The Hall–Kier alpha value is -2.34. The maximum atomic E-state index is 5.48. The van der Waals surface area contributed by atoms with Crippen LogP contribution in [0.15, 0.2) is 28.5 Å². The topological polar surface area (TPSA) is 63.2 Å². The zero-order valence-electron chi connectivity index (χ0n) is 13.9. The molecule has 0 amide bonds. The normalized spacial score (nSPS) is 12.8. The van der Waals surface area contributed by atoms with Gasteiger partial charge in [-0.1, -0.05) is 11.8 Å². The van der Waals surface area contributed by atoms with Crippen LogP contribution >= 0.6 is 11.8 Å². The third kappa shape index (κ3) is 2.57. The molecule has 122 valence electrons. The van der Waals surface area contributed by atoms with E-state index in [1.165, 1.54) is 5.56 Å². The molecule has 24 heavy (non-hydrogen) atoms. The van der Waals surface area contributed by atoms with Crippen molar-refractivity contribution in [3.8, 4) is 5.75 Å². The number of benzene rings is 1. The number of methoxy groups -OCH3 is 1. The summed E-state index contributed by atoms with van der Waals surface area (Å²) in [6.07, 6.45) is 4.70. The zero-order chi connectivity index (χ0) is 16.7. The van der Waals surface area contributed by atoms with Crippen LogP contribution in [-0.4, -0.2) is 28.3 Å². The first kappa shape index (κ1) is 15.2. The van der Waals surface area contributed by atoms with Gasteiger partial charge in [0.25, 0.3) is 0 Å². The average molecular weight is 338 g/mol. The molecule has 3 heterocycles. The minimum atomic E-state index is 0.750. The maximum absolute atomic E-state index is 5.48. The van der Waals surface area contributed by atoms with Crippen LogP contribution in [-0.2, 0) is 12.2 Å². The number of nitrogens with zero attached hydrogens (tertiary/aromatic N) is 3. The Morgan fingerprint density at radius 2 is 2.17 bits per heavy atom. The highest BCUT2D eigenvalue weighted by Gasteiger charge is 2.13. The molecule has 0 saturated heterocycles. The molecule has 0 radical (unpaired) electrons. The minimum Gasteiger partial charge on any atom is -0.496 e. The summed E-state index contributed by atoms with van der Waals surface area (Å²) in [5.74, 6) is 1.67. The molecule has 2 aromatic heterocycles. The van der Waals surface area contributed by atoms with Crippen molar-refractivity contribution >= 4 is 34.7 Å². The summed E-state index contributed by atoms with van der Waals surface area (Å²) in [6, 6.07) is 4.19. The van der Waals surface area contributed by atoms with Gasteiger partial charge in [0.05, 0.1) is 29.5 Å². The van der Waals surface area contributed by atoms with Gasteiger partial charge in [-0.15, -0.1) is 0 Å². The van der Waals surface area contributed by atoms with E-state index in [-0.39, 0.29) is 0 Å². The number of hydrogen-bond acceptors (Lipinski definition) is 5. The van der Waals surface area contributed by atoms with Gasteiger partial charge in [0.15, 0.2) is 5.16 Å². The Morgan fingerprint density at radius 1 is 1.29 bits per heavy atom. The number of thioether (sulfide) groups is 1. The van der Waals surface area contributed by atoms with Crippen LogP contribution in [0.4, 0.5) is 5.69 Å². The molecule has 5 nitrogen and oxygen atoms in total. The Balaban J connectivity index is 1.58. The summed E-state index contributed by atoms with van der Waals surface area (Å²) in [6.45, 7) is 4.06. The number of rotatable bonds is 4. The second-order valence-corrected chi connectivity index (χ2v) is 6.85. The van der Waals surface area contributed by atoms with Crippen LogP contribution in [0.25, 0.3) is 11.0 Å². The number of pyridine rings is 1. The van der Waals surface area contributed by atoms with Crippen molar-refractivity contribution in [3.63, 3.8) is 0 Å². The van der Waals surface area contributed by atoms with Crippen molar-refractivity contribution in [2.45, 2.75) is 31.2 Å². The van der Waals surface area contributed by atoms with Gasteiger partial charge >= 0.3 is 0 Å². The number of H-pyrrole nitrogens is 1. The summed E-state index contributed by atoms with van der Waals surface area (Å²) < 4.78 is 5.48. The number of hydrogen-bond donors (Lipinski definition) is 1. The van der Waals surface area contributed by atoms with Crippen molar-refractivity contribution in [2.75, 3.05) is 7.11 Å². The molecule has 1 aliphatic heterocycles. The van der Waals surface area contributed by atoms with Gasteiger partial charge in [-0.05, 0) is 31.5 Å². The van der Waals surface area contributed by atoms with Gasteiger partial charge < -0.3 is 9.72 Å². The lowest BCUT2D eigenvalue weighted by atomic mass is 10.1. The number of aromatic nitrogens is 3. The van der Waals surface area contributed by atoms with E-state index in [9.17, 15) is 0 Å². The number of nitrogens with one attached hydrogen (secondary N) is 1. The molecular weight excluding hydrogens is 320 g/mol. The van der Waals surface area contributed by atoms with E-state index >= 15 is 0 Å². The molecule has 1 aromatic carbocycles. The van der Waals surface area contributed by atoms with Crippen LogP contribution < -0.4 is 4.74 Å². The van der Waals surface area contributed by atoms with Crippen molar-refractivity contribution in [2.24, 2.45) is 4.99 Å². The van der Waals surface area contributed by atoms with Crippen molar-refractivity contribution in [1.29, 1.82) is 0 Å². The highest BCUT2D eigenvalue weighted by molar-refractivity contribution is 7.98. The van der Waals surface area contributed by atoms with Crippen molar-refractivity contribution in [1.82, 2.24) is 15.0 Å².